The maximum absolute atomic E-state index is 13.3. The molecule has 0 aliphatic carbocycles. The molecular weight excluding hydrogens is 253 g/mol. The van der Waals surface area contributed by atoms with Gasteiger partial charge in [-0.1, -0.05) is 6.07 Å². The van der Waals surface area contributed by atoms with Gasteiger partial charge in [-0.25, -0.2) is 4.39 Å². The topological polar surface area (TPSA) is 30.3 Å². The van der Waals surface area contributed by atoms with Crippen LogP contribution in [-0.2, 0) is 6.54 Å². The average molecular weight is 273 g/mol. The second-order valence-electron chi connectivity index (χ2n) is 5.85. The fraction of sp³-hybridized carbons (Fsp3) is 0.562. The van der Waals surface area contributed by atoms with Gasteiger partial charge >= 0.3 is 0 Å². The van der Waals surface area contributed by atoms with Crippen LogP contribution < -0.4 is 0 Å². The highest BCUT2D eigenvalue weighted by Gasteiger charge is 2.29. The molecule has 4 heteroatoms. The Labute approximate surface area is 119 Å². The summed E-state index contributed by atoms with van der Waals surface area (Å²) in [7, 11) is 0. The number of hydrogen-bond donors (Lipinski definition) is 0. The van der Waals surface area contributed by atoms with E-state index in [-0.39, 0.29) is 5.56 Å². The van der Waals surface area contributed by atoms with Gasteiger partial charge in [0.15, 0.2) is 0 Å². The zero-order valence-electron chi connectivity index (χ0n) is 11.7. The molecule has 0 N–H and O–H groups in total. The van der Waals surface area contributed by atoms with E-state index in [1.807, 2.05) is 6.07 Å². The van der Waals surface area contributed by atoms with Gasteiger partial charge in [0.1, 0.15) is 11.9 Å². The molecule has 1 aromatic carbocycles. The van der Waals surface area contributed by atoms with Gasteiger partial charge in [-0.3, -0.25) is 9.80 Å². The third-order valence-electron chi connectivity index (χ3n) is 4.46. The normalized spacial score (nSPS) is 24.1. The van der Waals surface area contributed by atoms with Crippen molar-refractivity contribution >= 4 is 0 Å². The third kappa shape index (κ3) is 2.84. The summed E-state index contributed by atoms with van der Waals surface area (Å²) in [5.74, 6) is -0.424. The van der Waals surface area contributed by atoms with Crippen LogP contribution in [0.3, 0.4) is 0 Å². The molecule has 1 atom stereocenters. The number of likely N-dealkylation sites (tertiary alicyclic amines) is 2. The molecule has 0 radical (unpaired) electrons. The predicted octanol–water partition coefficient (Wildman–Crippen LogP) is 2.37. The summed E-state index contributed by atoms with van der Waals surface area (Å²) in [4.78, 5) is 5.02. The van der Waals surface area contributed by atoms with Gasteiger partial charge in [0.2, 0.25) is 0 Å². The van der Waals surface area contributed by atoms with Gasteiger partial charge in [-0.05, 0) is 50.0 Å². The van der Waals surface area contributed by atoms with Crippen molar-refractivity contribution in [3.63, 3.8) is 0 Å². The van der Waals surface area contributed by atoms with Crippen LogP contribution in [0, 0.1) is 17.1 Å². The Morgan fingerprint density at radius 1 is 1.25 bits per heavy atom. The van der Waals surface area contributed by atoms with Crippen molar-refractivity contribution in [2.75, 3.05) is 26.2 Å². The molecule has 2 aliphatic rings. The first-order valence-electron chi connectivity index (χ1n) is 7.41. The smallest absolute Gasteiger partial charge is 0.140 e. The molecule has 1 aromatic rings. The van der Waals surface area contributed by atoms with Crippen LogP contribution in [0.5, 0.6) is 0 Å². The van der Waals surface area contributed by atoms with E-state index >= 15 is 0 Å². The number of benzene rings is 1. The molecule has 2 saturated heterocycles. The molecule has 0 aromatic heterocycles. The van der Waals surface area contributed by atoms with Crippen LogP contribution in [0.2, 0.25) is 0 Å². The summed E-state index contributed by atoms with van der Waals surface area (Å²) in [6.45, 7) is 5.50. The molecular formula is C16H20FN3. The molecule has 1 unspecified atom stereocenters. The molecule has 0 saturated carbocycles. The Bertz CT molecular complexity index is 517. The minimum atomic E-state index is -0.424. The van der Waals surface area contributed by atoms with Gasteiger partial charge < -0.3 is 0 Å². The van der Waals surface area contributed by atoms with Crippen molar-refractivity contribution < 1.29 is 4.39 Å². The molecule has 0 bridgehead atoms. The summed E-state index contributed by atoms with van der Waals surface area (Å²) in [6.07, 6.45) is 3.90. The van der Waals surface area contributed by atoms with E-state index in [9.17, 15) is 4.39 Å². The summed E-state index contributed by atoms with van der Waals surface area (Å²) in [5, 5.41) is 8.88. The van der Waals surface area contributed by atoms with E-state index in [1.165, 1.54) is 38.4 Å². The van der Waals surface area contributed by atoms with E-state index in [0.717, 1.165) is 25.2 Å². The quantitative estimate of drug-likeness (QED) is 0.847. The van der Waals surface area contributed by atoms with Crippen molar-refractivity contribution in [2.45, 2.75) is 31.8 Å². The lowest BCUT2D eigenvalue weighted by atomic mass is 10.1. The Kier molecular flexibility index (Phi) is 4.00. The molecule has 0 amide bonds. The standard InChI is InChI=1S/C16H20FN3/c17-16-4-3-13(9-14(16)10-18)11-19-8-5-15(12-19)20-6-1-2-7-20/h3-4,9,15H,1-2,5-8,11-12H2. The second kappa shape index (κ2) is 5.90. The molecule has 2 heterocycles. The first kappa shape index (κ1) is 13.5. The summed E-state index contributed by atoms with van der Waals surface area (Å²) < 4.78 is 13.3. The first-order chi connectivity index (χ1) is 9.76. The van der Waals surface area contributed by atoms with Gasteiger partial charge in [-0.15, -0.1) is 0 Å². The SMILES string of the molecule is N#Cc1cc(CN2CCC(N3CCCC3)C2)ccc1F. The number of nitriles is 1. The van der Waals surface area contributed by atoms with Gasteiger partial charge in [0, 0.05) is 25.7 Å². The lowest BCUT2D eigenvalue weighted by Gasteiger charge is -2.23. The minimum absolute atomic E-state index is 0.151. The van der Waals surface area contributed by atoms with Crippen molar-refractivity contribution in [1.82, 2.24) is 9.80 Å². The molecule has 3 rings (SSSR count). The number of hydrogen-bond acceptors (Lipinski definition) is 3. The lowest BCUT2D eigenvalue weighted by Crippen LogP contribution is -2.35. The highest BCUT2D eigenvalue weighted by atomic mass is 19.1. The van der Waals surface area contributed by atoms with Crippen LogP contribution in [0.1, 0.15) is 30.4 Å². The number of rotatable bonds is 3. The zero-order valence-corrected chi connectivity index (χ0v) is 11.7. The fourth-order valence-corrected chi connectivity index (χ4v) is 3.38. The largest absolute Gasteiger partial charge is 0.299 e. The average Bonchev–Trinajstić information content (AvgIpc) is 3.11. The van der Waals surface area contributed by atoms with E-state index in [2.05, 4.69) is 9.80 Å². The zero-order chi connectivity index (χ0) is 13.9. The molecule has 20 heavy (non-hydrogen) atoms. The number of halogens is 1. The minimum Gasteiger partial charge on any atom is -0.299 e. The Balaban J connectivity index is 1.60. The monoisotopic (exact) mass is 273 g/mol. The van der Waals surface area contributed by atoms with Crippen molar-refractivity contribution in [3.05, 3.63) is 35.1 Å². The highest BCUT2D eigenvalue weighted by molar-refractivity contribution is 5.34. The molecule has 0 spiro atoms. The van der Waals surface area contributed by atoms with Gasteiger partial charge in [0.25, 0.3) is 0 Å². The maximum atomic E-state index is 13.3. The Morgan fingerprint density at radius 2 is 2.05 bits per heavy atom. The highest BCUT2D eigenvalue weighted by Crippen LogP contribution is 2.22. The third-order valence-corrected chi connectivity index (χ3v) is 4.46. The van der Waals surface area contributed by atoms with E-state index in [0.29, 0.717) is 6.04 Å². The first-order valence-corrected chi connectivity index (χ1v) is 7.41. The van der Waals surface area contributed by atoms with Crippen molar-refractivity contribution in [3.8, 4) is 6.07 Å². The maximum Gasteiger partial charge on any atom is 0.140 e. The summed E-state index contributed by atoms with van der Waals surface area (Å²) >= 11 is 0. The second-order valence-corrected chi connectivity index (χ2v) is 5.85. The van der Waals surface area contributed by atoms with Crippen LogP contribution in [0.25, 0.3) is 0 Å². The lowest BCUT2D eigenvalue weighted by molar-refractivity contribution is 0.230. The molecule has 3 nitrogen and oxygen atoms in total. The van der Waals surface area contributed by atoms with Gasteiger partial charge in [0.05, 0.1) is 5.56 Å². The van der Waals surface area contributed by atoms with E-state index in [1.54, 1.807) is 12.1 Å². The number of nitrogens with zero attached hydrogens (tertiary/aromatic N) is 3. The van der Waals surface area contributed by atoms with Gasteiger partial charge in [-0.2, -0.15) is 5.26 Å². The van der Waals surface area contributed by atoms with Crippen molar-refractivity contribution in [1.29, 1.82) is 5.26 Å². The van der Waals surface area contributed by atoms with E-state index < -0.39 is 5.82 Å². The summed E-state index contributed by atoms with van der Waals surface area (Å²) in [5.41, 5.74) is 1.18. The summed E-state index contributed by atoms with van der Waals surface area (Å²) in [6, 6.07) is 7.48. The van der Waals surface area contributed by atoms with Crippen molar-refractivity contribution in [2.24, 2.45) is 0 Å². The molecule has 2 fully saturated rings. The molecule has 2 aliphatic heterocycles. The van der Waals surface area contributed by atoms with E-state index in [4.69, 9.17) is 5.26 Å². The Hall–Kier alpha value is -1.44. The predicted molar refractivity (Wildman–Crippen MR) is 75.6 cm³/mol. The van der Waals surface area contributed by atoms with Crippen LogP contribution in [0.4, 0.5) is 4.39 Å². The fourth-order valence-electron chi connectivity index (χ4n) is 3.38. The Morgan fingerprint density at radius 3 is 2.80 bits per heavy atom. The van der Waals surface area contributed by atoms with Crippen LogP contribution in [-0.4, -0.2) is 42.0 Å². The van der Waals surface area contributed by atoms with Crippen LogP contribution >= 0.6 is 0 Å². The molecule has 106 valence electrons. The van der Waals surface area contributed by atoms with Crippen LogP contribution in [0.15, 0.2) is 18.2 Å².